The van der Waals surface area contributed by atoms with Crippen LogP contribution in [0.4, 0.5) is 0 Å². The summed E-state index contributed by atoms with van der Waals surface area (Å²) in [7, 11) is -3.38. The second kappa shape index (κ2) is 5.81. The number of sulfonamides is 1. The Hall–Kier alpha value is -2.02. The smallest absolute Gasteiger partial charge is 0.242 e. The van der Waals surface area contributed by atoms with Crippen LogP contribution in [-0.4, -0.2) is 17.7 Å². The van der Waals surface area contributed by atoms with Gasteiger partial charge in [-0.1, -0.05) is 42.5 Å². The van der Waals surface area contributed by atoms with Crippen LogP contribution in [0, 0.1) is 6.92 Å². The Balaban J connectivity index is 1.57. The molecule has 1 aliphatic rings. The third-order valence-electron chi connectivity index (χ3n) is 4.16. The molecule has 0 atom stereocenters. The highest BCUT2D eigenvalue weighted by atomic mass is 32.2. The fraction of sp³-hybridized carbons (Fsp3) is 0.167. The molecule has 3 aromatic rings. The fourth-order valence-electron chi connectivity index (χ4n) is 2.92. The summed E-state index contributed by atoms with van der Waals surface area (Å²) in [5.74, 6) is 0. The monoisotopic (exact) mass is 356 g/mol. The maximum absolute atomic E-state index is 12.6. The van der Waals surface area contributed by atoms with Gasteiger partial charge in [-0.2, -0.15) is 4.31 Å². The van der Waals surface area contributed by atoms with Crippen LogP contribution in [0.2, 0.25) is 0 Å². The molecule has 0 fully saturated rings. The molecule has 0 bridgehead atoms. The quantitative estimate of drug-likeness (QED) is 0.717. The number of fused-ring (bicyclic) bond motifs is 1. The van der Waals surface area contributed by atoms with Crippen LogP contribution in [0.25, 0.3) is 11.3 Å². The first-order chi connectivity index (χ1) is 11.5. The lowest BCUT2D eigenvalue weighted by Gasteiger charge is -2.14. The summed E-state index contributed by atoms with van der Waals surface area (Å²) in [6.45, 7) is 2.80. The van der Waals surface area contributed by atoms with Crippen LogP contribution in [0.15, 0.2) is 58.8 Å². The summed E-state index contributed by atoms with van der Waals surface area (Å²) in [5, 5.41) is 3.07. The third kappa shape index (κ3) is 2.66. The molecule has 0 saturated heterocycles. The van der Waals surface area contributed by atoms with E-state index in [1.165, 1.54) is 4.31 Å². The van der Waals surface area contributed by atoms with Crippen molar-refractivity contribution >= 4 is 21.4 Å². The molecule has 2 heterocycles. The molecule has 4 nitrogen and oxygen atoms in total. The molecule has 2 aromatic carbocycles. The Labute approximate surface area is 145 Å². The minimum Gasteiger partial charge on any atom is -0.242 e. The molecule has 1 aromatic heterocycles. The SMILES string of the molecule is Cc1nc(-c2ccc(CN3Cc4ccccc4S3(=O)=O)cc2)cs1. The topological polar surface area (TPSA) is 50.3 Å². The van der Waals surface area contributed by atoms with Crippen LogP contribution < -0.4 is 0 Å². The highest BCUT2D eigenvalue weighted by Crippen LogP contribution is 2.31. The van der Waals surface area contributed by atoms with E-state index in [9.17, 15) is 8.42 Å². The number of rotatable bonds is 3. The number of aryl methyl sites for hydroxylation is 1. The molecule has 0 aliphatic carbocycles. The molecule has 1 aliphatic heterocycles. The Morgan fingerprint density at radius 2 is 1.88 bits per heavy atom. The molecule has 0 saturated carbocycles. The fourth-order valence-corrected chi connectivity index (χ4v) is 5.16. The maximum atomic E-state index is 12.6. The number of benzene rings is 2. The van der Waals surface area contributed by atoms with Gasteiger partial charge in [-0.3, -0.25) is 0 Å². The molecule has 122 valence electrons. The van der Waals surface area contributed by atoms with Crippen molar-refractivity contribution in [3.05, 3.63) is 70.0 Å². The maximum Gasteiger partial charge on any atom is 0.244 e. The van der Waals surface area contributed by atoms with Gasteiger partial charge < -0.3 is 0 Å². The molecular formula is C18H16N2O2S2. The summed E-state index contributed by atoms with van der Waals surface area (Å²) in [5.41, 5.74) is 3.86. The summed E-state index contributed by atoms with van der Waals surface area (Å²) in [6.07, 6.45) is 0. The van der Waals surface area contributed by atoms with E-state index in [0.717, 1.165) is 27.4 Å². The largest absolute Gasteiger partial charge is 0.244 e. The van der Waals surface area contributed by atoms with E-state index in [2.05, 4.69) is 4.98 Å². The highest BCUT2D eigenvalue weighted by molar-refractivity contribution is 7.89. The van der Waals surface area contributed by atoms with Gasteiger partial charge in [-0.15, -0.1) is 11.3 Å². The molecular weight excluding hydrogens is 340 g/mol. The molecule has 4 rings (SSSR count). The first-order valence-electron chi connectivity index (χ1n) is 7.63. The van der Waals surface area contributed by atoms with Gasteiger partial charge in [0.15, 0.2) is 0 Å². The van der Waals surface area contributed by atoms with Crippen molar-refractivity contribution in [2.75, 3.05) is 0 Å². The van der Waals surface area contributed by atoms with Gasteiger partial charge in [0.25, 0.3) is 0 Å². The van der Waals surface area contributed by atoms with Crippen LogP contribution in [0.3, 0.4) is 0 Å². The van der Waals surface area contributed by atoms with E-state index in [1.54, 1.807) is 23.5 Å². The van der Waals surface area contributed by atoms with Crippen LogP contribution in [-0.2, 0) is 23.1 Å². The van der Waals surface area contributed by atoms with Gasteiger partial charge in [-0.25, -0.2) is 13.4 Å². The lowest BCUT2D eigenvalue weighted by Crippen LogP contribution is -2.23. The average molecular weight is 356 g/mol. The second-order valence-electron chi connectivity index (χ2n) is 5.83. The zero-order chi connectivity index (χ0) is 16.7. The van der Waals surface area contributed by atoms with E-state index in [-0.39, 0.29) is 0 Å². The van der Waals surface area contributed by atoms with Gasteiger partial charge in [0.1, 0.15) is 0 Å². The summed E-state index contributed by atoms with van der Waals surface area (Å²) in [4.78, 5) is 4.91. The molecule has 0 radical (unpaired) electrons. The van der Waals surface area contributed by atoms with E-state index in [4.69, 9.17) is 0 Å². The second-order valence-corrected chi connectivity index (χ2v) is 8.80. The molecule has 0 N–H and O–H groups in total. The summed E-state index contributed by atoms with van der Waals surface area (Å²) in [6, 6.07) is 15.1. The van der Waals surface area contributed by atoms with Crippen molar-refractivity contribution in [3.63, 3.8) is 0 Å². The van der Waals surface area contributed by atoms with Crippen molar-refractivity contribution < 1.29 is 8.42 Å². The highest BCUT2D eigenvalue weighted by Gasteiger charge is 2.33. The Kier molecular flexibility index (Phi) is 3.75. The van der Waals surface area contributed by atoms with Crippen molar-refractivity contribution in [2.45, 2.75) is 24.9 Å². The van der Waals surface area contributed by atoms with Crippen LogP contribution in [0.1, 0.15) is 16.1 Å². The number of hydrogen-bond donors (Lipinski definition) is 0. The zero-order valence-corrected chi connectivity index (χ0v) is 14.8. The first kappa shape index (κ1) is 15.5. The van der Waals surface area contributed by atoms with Gasteiger partial charge in [0.05, 0.1) is 15.6 Å². The van der Waals surface area contributed by atoms with Crippen molar-refractivity contribution in [1.29, 1.82) is 0 Å². The number of hydrogen-bond acceptors (Lipinski definition) is 4. The van der Waals surface area contributed by atoms with Crippen LogP contribution in [0.5, 0.6) is 0 Å². The minimum atomic E-state index is -3.38. The van der Waals surface area contributed by atoms with E-state index in [1.807, 2.05) is 48.7 Å². The number of thiazole rings is 1. The number of aromatic nitrogens is 1. The Morgan fingerprint density at radius 1 is 1.12 bits per heavy atom. The van der Waals surface area contributed by atoms with Gasteiger partial charge in [0.2, 0.25) is 10.0 Å². The molecule has 0 amide bonds. The van der Waals surface area contributed by atoms with E-state index < -0.39 is 10.0 Å². The van der Waals surface area contributed by atoms with Crippen LogP contribution >= 0.6 is 11.3 Å². The van der Waals surface area contributed by atoms with E-state index >= 15 is 0 Å². The Bertz CT molecular complexity index is 992. The molecule has 24 heavy (non-hydrogen) atoms. The Morgan fingerprint density at radius 3 is 2.54 bits per heavy atom. The van der Waals surface area contributed by atoms with Gasteiger partial charge in [-0.05, 0) is 24.1 Å². The van der Waals surface area contributed by atoms with Crippen molar-refractivity contribution in [2.24, 2.45) is 0 Å². The average Bonchev–Trinajstić information content (AvgIpc) is 3.11. The summed E-state index contributed by atoms with van der Waals surface area (Å²) < 4.78 is 26.7. The normalized spacial score (nSPS) is 16.2. The van der Waals surface area contributed by atoms with Crippen molar-refractivity contribution in [3.8, 4) is 11.3 Å². The predicted molar refractivity (Wildman–Crippen MR) is 95.2 cm³/mol. The summed E-state index contributed by atoms with van der Waals surface area (Å²) >= 11 is 1.62. The molecule has 0 spiro atoms. The third-order valence-corrected chi connectivity index (χ3v) is 6.83. The van der Waals surface area contributed by atoms with Gasteiger partial charge >= 0.3 is 0 Å². The minimum absolute atomic E-state index is 0.382. The standard InChI is InChI=1S/C18H16N2O2S2/c1-13-19-17(12-23-13)15-8-6-14(7-9-15)10-20-11-16-4-2-3-5-18(16)24(20,21)22/h2-9,12H,10-11H2,1H3. The first-order valence-corrected chi connectivity index (χ1v) is 9.95. The number of nitrogens with zero attached hydrogens (tertiary/aromatic N) is 2. The molecule has 6 heteroatoms. The van der Waals surface area contributed by atoms with Gasteiger partial charge in [0, 0.05) is 24.0 Å². The zero-order valence-electron chi connectivity index (χ0n) is 13.1. The lowest BCUT2D eigenvalue weighted by molar-refractivity contribution is 0.420. The molecule has 0 unspecified atom stereocenters. The lowest BCUT2D eigenvalue weighted by atomic mass is 10.1. The predicted octanol–water partition coefficient (Wildman–Crippen LogP) is 3.82. The van der Waals surface area contributed by atoms with E-state index in [0.29, 0.717) is 18.0 Å². The van der Waals surface area contributed by atoms with Crippen molar-refractivity contribution in [1.82, 2.24) is 9.29 Å².